The number of nitrogens with zero attached hydrogens (tertiary/aromatic N) is 2. The van der Waals surface area contributed by atoms with Crippen molar-refractivity contribution in [2.24, 2.45) is 0 Å². The minimum atomic E-state index is 1.08. The van der Waals surface area contributed by atoms with Gasteiger partial charge in [0.15, 0.2) is 0 Å². The molecular formula is C60H40N2S. The van der Waals surface area contributed by atoms with Crippen LogP contribution in [0.25, 0.3) is 92.2 Å². The molecular weight excluding hydrogens is 781 g/mol. The van der Waals surface area contributed by atoms with Crippen LogP contribution in [0.1, 0.15) is 0 Å². The number of thiophene rings is 1. The third-order valence-corrected chi connectivity index (χ3v) is 13.6. The van der Waals surface area contributed by atoms with Crippen molar-refractivity contribution < 1.29 is 0 Å². The van der Waals surface area contributed by atoms with E-state index in [-0.39, 0.29) is 0 Å². The summed E-state index contributed by atoms with van der Waals surface area (Å²) in [5, 5.41) is 5.04. The monoisotopic (exact) mass is 820 g/mol. The highest BCUT2D eigenvalue weighted by atomic mass is 32.1. The van der Waals surface area contributed by atoms with Crippen LogP contribution < -0.4 is 4.90 Å². The highest BCUT2D eigenvalue weighted by molar-refractivity contribution is 7.25. The Morgan fingerprint density at radius 2 is 0.889 bits per heavy atom. The van der Waals surface area contributed by atoms with E-state index in [9.17, 15) is 0 Å². The molecule has 0 aliphatic carbocycles. The van der Waals surface area contributed by atoms with E-state index < -0.39 is 0 Å². The minimum absolute atomic E-state index is 1.08. The van der Waals surface area contributed by atoms with Gasteiger partial charge in [0.05, 0.1) is 16.7 Å². The van der Waals surface area contributed by atoms with Crippen LogP contribution in [0.15, 0.2) is 243 Å². The molecule has 0 amide bonds. The molecule has 296 valence electrons. The zero-order valence-electron chi connectivity index (χ0n) is 34.4. The molecule has 2 nitrogen and oxygen atoms in total. The summed E-state index contributed by atoms with van der Waals surface area (Å²) in [6.07, 6.45) is 0. The topological polar surface area (TPSA) is 8.17 Å². The van der Waals surface area contributed by atoms with Gasteiger partial charge in [0.2, 0.25) is 0 Å². The van der Waals surface area contributed by atoms with Crippen molar-refractivity contribution in [2.75, 3.05) is 4.90 Å². The third-order valence-electron chi connectivity index (χ3n) is 12.4. The lowest BCUT2D eigenvalue weighted by molar-refractivity contribution is 1.18. The van der Waals surface area contributed by atoms with E-state index in [1.165, 1.54) is 86.5 Å². The number of para-hydroxylation sites is 2. The van der Waals surface area contributed by atoms with Gasteiger partial charge in [0, 0.05) is 53.6 Å². The largest absolute Gasteiger partial charge is 0.310 e. The first kappa shape index (κ1) is 36.8. The van der Waals surface area contributed by atoms with Gasteiger partial charge in [-0.25, -0.2) is 0 Å². The summed E-state index contributed by atoms with van der Waals surface area (Å²) < 4.78 is 5.02. The van der Waals surface area contributed by atoms with Crippen molar-refractivity contribution in [3.8, 4) is 50.2 Å². The lowest BCUT2D eigenvalue weighted by atomic mass is 9.87. The number of hydrogen-bond donors (Lipinski definition) is 0. The SMILES string of the molecule is c1ccc(-c2ccccc2-c2c(-c3ccccc3)cccc2N(c2ccc(-c3ccc4sc5ccccc5c4c3)cc2)c2ccc3c(c2)c2ccccc2n3-c2ccccc2)cc1. The van der Waals surface area contributed by atoms with Gasteiger partial charge < -0.3 is 9.47 Å². The summed E-state index contributed by atoms with van der Waals surface area (Å²) in [4.78, 5) is 2.47. The zero-order chi connectivity index (χ0) is 41.7. The minimum Gasteiger partial charge on any atom is -0.310 e. The number of anilines is 3. The quantitative estimate of drug-likeness (QED) is 0.148. The molecule has 0 spiro atoms. The Morgan fingerprint density at radius 3 is 1.67 bits per heavy atom. The first-order valence-corrected chi connectivity index (χ1v) is 22.3. The fourth-order valence-electron chi connectivity index (χ4n) is 9.53. The first-order valence-electron chi connectivity index (χ1n) is 21.5. The second kappa shape index (κ2) is 15.5. The maximum atomic E-state index is 2.47. The van der Waals surface area contributed by atoms with Crippen molar-refractivity contribution >= 4 is 70.4 Å². The van der Waals surface area contributed by atoms with E-state index in [0.717, 1.165) is 22.7 Å². The summed E-state index contributed by atoms with van der Waals surface area (Å²) in [7, 11) is 0. The van der Waals surface area contributed by atoms with Crippen LogP contribution in [-0.4, -0.2) is 4.57 Å². The summed E-state index contributed by atoms with van der Waals surface area (Å²) in [5.41, 5.74) is 16.2. The molecule has 12 rings (SSSR count). The number of hydrogen-bond acceptors (Lipinski definition) is 2. The normalized spacial score (nSPS) is 11.5. The van der Waals surface area contributed by atoms with E-state index in [2.05, 4.69) is 252 Å². The summed E-state index contributed by atoms with van der Waals surface area (Å²) in [6.45, 7) is 0. The van der Waals surface area contributed by atoms with Crippen LogP contribution in [-0.2, 0) is 0 Å². The Hall–Kier alpha value is -7.98. The van der Waals surface area contributed by atoms with Gasteiger partial charge >= 0.3 is 0 Å². The van der Waals surface area contributed by atoms with E-state index >= 15 is 0 Å². The highest BCUT2D eigenvalue weighted by Crippen LogP contribution is 2.49. The molecule has 0 radical (unpaired) electrons. The standard InChI is InChI=1S/C60H40N2S/c1-4-17-42(18-5-1)48-23-10-11-26-52(48)60-49(43-19-6-2-7-20-43)27-16-29-57(60)61(46-34-31-41(32-35-46)44-33-38-59-54(39-44)51-25-13-15-30-58(51)63-59)47-36-37-56-53(40-47)50-24-12-14-28-55(50)62(56)45-21-8-3-9-22-45/h1-40H. The molecule has 63 heavy (non-hydrogen) atoms. The molecule has 0 bridgehead atoms. The molecule has 0 aliphatic heterocycles. The van der Waals surface area contributed by atoms with Crippen LogP contribution in [0.5, 0.6) is 0 Å². The van der Waals surface area contributed by atoms with Crippen molar-refractivity contribution in [1.82, 2.24) is 4.57 Å². The molecule has 0 saturated heterocycles. The Kier molecular flexibility index (Phi) is 9.06. The predicted octanol–water partition coefficient (Wildman–Crippen LogP) is 17.3. The van der Waals surface area contributed by atoms with Gasteiger partial charge in [0.1, 0.15) is 0 Å². The molecule has 3 heteroatoms. The lowest BCUT2D eigenvalue weighted by Gasteiger charge is -2.30. The van der Waals surface area contributed by atoms with E-state index in [1.54, 1.807) is 0 Å². The smallest absolute Gasteiger partial charge is 0.0546 e. The Balaban J connectivity index is 1.10. The first-order chi connectivity index (χ1) is 31.3. The molecule has 0 aliphatic rings. The van der Waals surface area contributed by atoms with E-state index in [1.807, 2.05) is 11.3 Å². The molecule has 2 heterocycles. The van der Waals surface area contributed by atoms with Crippen LogP contribution in [0, 0.1) is 0 Å². The fraction of sp³-hybridized carbons (Fsp3) is 0. The van der Waals surface area contributed by atoms with Crippen molar-refractivity contribution in [2.45, 2.75) is 0 Å². The third kappa shape index (κ3) is 6.41. The van der Waals surface area contributed by atoms with Crippen LogP contribution in [0.4, 0.5) is 17.1 Å². The van der Waals surface area contributed by atoms with Crippen molar-refractivity contribution in [3.63, 3.8) is 0 Å². The average molecular weight is 821 g/mol. The van der Waals surface area contributed by atoms with Gasteiger partial charge in [-0.1, -0.05) is 170 Å². The molecule has 12 aromatic rings. The van der Waals surface area contributed by atoms with Gasteiger partial charge in [-0.05, 0) is 112 Å². The Morgan fingerprint density at radius 1 is 0.317 bits per heavy atom. The summed E-state index contributed by atoms with van der Waals surface area (Å²) in [5.74, 6) is 0. The highest BCUT2D eigenvalue weighted by Gasteiger charge is 2.24. The fourth-order valence-corrected chi connectivity index (χ4v) is 10.6. The second-order valence-corrected chi connectivity index (χ2v) is 17.1. The molecule has 0 N–H and O–H groups in total. The zero-order valence-corrected chi connectivity index (χ0v) is 35.2. The Labute approximate surface area is 370 Å². The number of fused-ring (bicyclic) bond motifs is 6. The molecule has 0 unspecified atom stereocenters. The van der Waals surface area contributed by atoms with Crippen molar-refractivity contribution in [3.05, 3.63) is 243 Å². The van der Waals surface area contributed by atoms with E-state index in [0.29, 0.717) is 0 Å². The van der Waals surface area contributed by atoms with Gasteiger partial charge in [-0.2, -0.15) is 0 Å². The molecule has 2 aromatic heterocycles. The maximum Gasteiger partial charge on any atom is 0.0546 e. The molecule has 10 aromatic carbocycles. The van der Waals surface area contributed by atoms with Gasteiger partial charge in [-0.15, -0.1) is 11.3 Å². The number of aromatic nitrogens is 1. The molecule has 0 atom stereocenters. The summed E-state index contributed by atoms with van der Waals surface area (Å²) in [6, 6.07) is 88.5. The number of rotatable bonds is 8. The van der Waals surface area contributed by atoms with Gasteiger partial charge in [-0.3, -0.25) is 0 Å². The lowest BCUT2D eigenvalue weighted by Crippen LogP contribution is -2.12. The second-order valence-electron chi connectivity index (χ2n) is 16.1. The number of benzene rings is 10. The molecule has 0 saturated carbocycles. The van der Waals surface area contributed by atoms with Crippen LogP contribution in [0.2, 0.25) is 0 Å². The maximum absolute atomic E-state index is 2.47. The predicted molar refractivity (Wildman–Crippen MR) is 270 cm³/mol. The van der Waals surface area contributed by atoms with Crippen LogP contribution in [0.3, 0.4) is 0 Å². The van der Waals surface area contributed by atoms with E-state index in [4.69, 9.17) is 0 Å². The molecule has 0 fully saturated rings. The average Bonchev–Trinajstić information content (AvgIpc) is 3.90. The van der Waals surface area contributed by atoms with Gasteiger partial charge in [0.25, 0.3) is 0 Å². The van der Waals surface area contributed by atoms with Crippen molar-refractivity contribution in [1.29, 1.82) is 0 Å². The summed E-state index contributed by atoms with van der Waals surface area (Å²) >= 11 is 1.86. The Bertz CT molecular complexity index is 3600. The van der Waals surface area contributed by atoms with Crippen LogP contribution >= 0.6 is 11.3 Å².